The Labute approximate surface area is 206 Å². The predicted octanol–water partition coefficient (Wildman–Crippen LogP) is 5.23. The van der Waals surface area contributed by atoms with E-state index in [4.69, 9.17) is 31.2 Å². The van der Waals surface area contributed by atoms with E-state index in [1.165, 1.54) is 23.9 Å². The number of ether oxygens (including phenoxy) is 3. The number of carbonyl (C=O) groups is 1. The van der Waals surface area contributed by atoms with Crippen LogP contribution in [0.2, 0.25) is 5.02 Å². The molecule has 10 heteroatoms. The number of nitrogens with one attached hydrogen (secondary N) is 1. The standard InChI is InChI=1S/C24H23ClN4O4S/c1-3-7-20-28-29-22(26)17(23(30)27-24(29)34-20)12-15-13-18(25)21(19(14-15)31-2)33-11-10-32-16-8-5-4-6-9-16/h4-6,8-9,12-14,26H,3,7,10-11H2,1-2H3/b17-12+,26-22?. The number of thioether (sulfide) groups is 1. The van der Waals surface area contributed by atoms with E-state index in [2.05, 4.69) is 10.1 Å². The number of amidine groups is 2. The number of methoxy groups -OCH3 is 1. The zero-order valence-corrected chi connectivity index (χ0v) is 20.3. The molecule has 0 fully saturated rings. The minimum atomic E-state index is -0.495. The van der Waals surface area contributed by atoms with Crippen molar-refractivity contribution < 1.29 is 19.0 Å². The molecule has 0 aromatic heterocycles. The summed E-state index contributed by atoms with van der Waals surface area (Å²) in [4.78, 5) is 16.7. The van der Waals surface area contributed by atoms with Crippen LogP contribution in [-0.2, 0) is 4.79 Å². The van der Waals surface area contributed by atoms with Crippen molar-refractivity contribution in [2.75, 3.05) is 20.3 Å². The van der Waals surface area contributed by atoms with Crippen molar-refractivity contribution in [3.05, 3.63) is 58.6 Å². The monoisotopic (exact) mass is 498 g/mol. The van der Waals surface area contributed by atoms with Crippen molar-refractivity contribution in [2.24, 2.45) is 10.1 Å². The molecule has 0 aliphatic carbocycles. The lowest BCUT2D eigenvalue weighted by Crippen LogP contribution is -2.35. The maximum Gasteiger partial charge on any atom is 0.283 e. The fourth-order valence-electron chi connectivity index (χ4n) is 3.30. The van der Waals surface area contributed by atoms with Crippen molar-refractivity contribution in [1.29, 1.82) is 5.41 Å². The highest BCUT2D eigenvalue weighted by molar-refractivity contribution is 8.26. The minimum absolute atomic E-state index is 0.0259. The summed E-state index contributed by atoms with van der Waals surface area (Å²) in [5.74, 6) is 1.00. The molecule has 0 radical (unpaired) electrons. The maximum absolute atomic E-state index is 12.6. The summed E-state index contributed by atoms with van der Waals surface area (Å²) >= 11 is 7.79. The smallest absolute Gasteiger partial charge is 0.283 e. The highest BCUT2D eigenvalue weighted by atomic mass is 35.5. The lowest BCUT2D eigenvalue weighted by Gasteiger charge is -2.20. The molecule has 0 spiro atoms. The Morgan fingerprint density at radius 2 is 1.94 bits per heavy atom. The highest BCUT2D eigenvalue weighted by Gasteiger charge is 2.35. The van der Waals surface area contributed by atoms with Gasteiger partial charge in [0.1, 0.15) is 24.0 Å². The quantitative estimate of drug-likeness (QED) is 0.376. The van der Waals surface area contributed by atoms with Crippen LogP contribution in [0.4, 0.5) is 0 Å². The molecule has 2 aromatic carbocycles. The van der Waals surface area contributed by atoms with Gasteiger partial charge < -0.3 is 14.2 Å². The molecule has 8 nitrogen and oxygen atoms in total. The van der Waals surface area contributed by atoms with E-state index < -0.39 is 5.91 Å². The average molecular weight is 499 g/mol. The van der Waals surface area contributed by atoms with Crippen LogP contribution in [0.25, 0.3) is 6.08 Å². The van der Waals surface area contributed by atoms with Crippen LogP contribution < -0.4 is 14.2 Å². The van der Waals surface area contributed by atoms with Gasteiger partial charge in [0.25, 0.3) is 5.91 Å². The molecule has 2 aliphatic heterocycles. The Bertz CT molecular complexity index is 1200. The molecule has 4 rings (SSSR count). The first kappa shape index (κ1) is 23.8. The zero-order valence-electron chi connectivity index (χ0n) is 18.7. The van der Waals surface area contributed by atoms with Crippen molar-refractivity contribution in [3.63, 3.8) is 0 Å². The first-order chi connectivity index (χ1) is 16.5. The molecule has 0 saturated carbocycles. The fourth-order valence-corrected chi connectivity index (χ4v) is 4.56. The molecule has 2 aromatic rings. The number of para-hydroxylation sites is 1. The third-order valence-corrected chi connectivity index (χ3v) is 6.11. The lowest BCUT2D eigenvalue weighted by molar-refractivity contribution is -0.114. The molecule has 0 atom stereocenters. The largest absolute Gasteiger partial charge is 0.493 e. The van der Waals surface area contributed by atoms with E-state index in [0.717, 1.165) is 23.6 Å². The molecule has 0 saturated heterocycles. The molecule has 2 heterocycles. The molecule has 34 heavy (non-hydrogen) atoms. The molecular formula is C24H23ClN4O4S. The Kier molecular flexibility index (Phi) is 7.54. The Balaban J connectivity index is 1.50. The van der Waals surface area contributed by atoms with Crippen molar-refractivity contribution in [3.8, 4) is 17.2 Å². The summed E-state index contributed by atoms with van der Waals surface area (Å²) in [6.45, 7) is 2.64. The number of fused-ring (bicyclic) bond motifs is 1. The van der Waals surface area contributed by atoms with Crippen LogP contribution in [0, 0.1) is 5.41 Å². The zero-order chi connectivity index (χ0) is 24.1. The summed E-state index contributed by atoms with van der Waals surface area (Å²) < 4.78 is 16.9. The molecule has 176 valence electrons. The fraction of sp³-hybridized carbons (Fsp3) is 0.250. The van der Waals surface area contributed by atoms with Crippen LogP contribution in [0.3, 0.4) is 0 Å². The number of hydrogen-bond acceptors (Lipinski definition) is 7. The SMILES string of the molecule is CCCC1=NN2C(=N)/C(=C\c3cc(Cl)c(OCCOc4ccccc4)c(OC)c3)C(=O)N=C2S1. The number of aliphatic imine (C=N–C) groups is 1. The summed E-state index contributed by atoms with van der Waals surface area (Å²) in [5.41, 5.74) is 0.694. The second kappa shape index (κ2) is 10.8. The minimum Gasteiger partial charge on any atom is -0.493 e. The van der Waals surface area contributed by atoms with Gasteiger partial charge in [0.05, 0.1) is 17.7 Å². The normalized spacial score (nSPS) is 16.3. The lowest BCUT2D eigenvalue weighted by atomic mass is 10.1. The van der Waals surface area contributed by atoms with Gasteiger partial charge in [0, 0.05) is 0 Å². The molecule has 2 aliphatic rings. The van der Waals surface area contributed by atoms with Crippen molar-refractivity contribution in [1.82, 2.24) is 5.01 Å². The van der Waals surface area contributed by atoms with E-state index >= 15 is 0 Å². The molecule has 0 unspecified atom stereocenters. The molecule has 1 N–H and O–H groups in total. The van der Waals surface area contributed by atoms with E-state index in [0.29, 0.717) is 33.9 Å². The van der Waals surface area contributed by atoms with Gasteiger partial charge in [0.15, 0.2) is 17.3 Å². The number of carbonyl (C=O) groups excluding carboxylic acids is 1. The first-order valence-electron chi connectivity index (χ1n) is 10.7. The summed E-state index contributed by atoms with van der Waals surface area (Å²) in [7, 11) is 1.51. The van der Waals surface area contributed by atoms with Gasteiger partial charge in [-0.25, -0.2) is 0 Å². The number of amides is 1. The number of hydrazone groups is 1. The second-order valence-corrected chi connectivity index (χ2v) is 8.76. The van der Waals surface area contributed by atoms with Crippen molar-refractivity contribution >= 4 is 51.4 Å². The van der Waals surface area contributed by atoms with Crippen LogP contribution in [0.1, 0.15) is 25.3 Å². The van der Waals surface area contributed by atoms with Crippen LogP contribution in [0.15, 0.2) is 58.1 Å². The van der Waals surface area contributed by atoms with E-state index in [1.54, 1.807) is 18.2 Å². The van der Waals surface area contributed by atoms with Gasteiger partial charge in [-0.05, 0) is 60.5 Å². The van der Waals surface area contributed by atoms with Gasteiger partial charge in [-0.3, -0.25) is 10.2 Å². The van der Waals surface area contributed by atoms with Crippen LogP contribution >= 0.6 is 23.4 Å². The molecule has 1 amide bonds. The first-order valence-corrected chi connectivity index (χ1v) is 11.9. The summed E-state index contributed by atoms with van der Waals surface area (Å²) in [6, 6.07) is 12.8. The second-order valence-electron chi connectivity index (χ2n) is 7.31. The molecule has 0 bridgehead atoms. The summed E-state index contributed by atoms with van der Waals surface area (Å²) in [6.07, 6.45) is 3.24. The Morgan fingerprint density at radius 1 is 1.18 bits per heavy atom. The van der Waals surface area contributed by atoms with Crippen molar-refractivity contribution in [2.45, 2.75) is 19.8 Å². The van der Waals surface area contributed by atoms with Gasteiger partial charge in [0.2, 0.25) is 5.17 Å². The number of benzene rings is 2. The topological polar surface area (TPSA) is 96.6 Å². The highest BCUT2D eigenvalue weighted by Crippen LogP contribution is 2.37. The number of halogens is 1. The van der Waals surface area contributed by atoms with Crippen LogP contribution in [0.5, 0.6) is 17.2 Å². The van der Waals surface area contributed by atoms with Gasteiger partial charge in [-0.2, -0.15) is 15.1 Å². The molecular weight excluding hydrogens is 476 g/mol. The van der Waals surface area contributed by atoms with E-state index in [1.807, 2.05) is 37.3 Å². The third kappa shape index (κ3) is 5.26. The average Bonchev–Trinajstić information content (AvgIpc) is 3.23. The van der Waals surface area contributed by atoms with Gasteiger partial charge >= 0.3 is 0 Å². The number of hydrogen-bond donors (Lipinski definition) is 1. The summed E-state index contributed by atoms with van der Waals surface area (Å²) in [5, 5.41) is 15.9. The van der Waals surface area contributed by atoms with Crippen LogP contribution in [-0.4, -0.2) is 47.3 Å². The maximum atomic E-state index is 12.6. The van der Waals surface area contributed by atoms with Gasteiger partial charge in [-0.1, -0.05) is 36.7 Å². The number of nitrogens with zero attached hydrogens (tertiary/aromatic N) is 3. The van der Waals surface area contributed by atoms with E-state index in [9.17, 15) is 4.79 Å². The predicted molar refractivity (Wildman–Crippen MR) is 135 cm³/mol. The number of rotatable bonds is 9. The van der Waals surface area contributed by atoms with Gasteiger partial charge in [-0.15, -0.1) is 0 Å². The third-order valence-electron chi connectivity index (χ3n) is 4.86. The van der Waals surface area contributed by atoms with E-state index in [-0.39, 0.29) is 18.0 Å². The Morgan fingerprint density at radius 3 is 2.68 bits per heavy atom. The Hall–Kier alpha value is -3.30.